The van der Waals surface area contributed by atoms with Gasteiger partial charge in [-0.25, -0.2) is 9.97 Å². The van der Waals surface area contributed by atoms with E-state index in [1.165, 1.54) is 30.4 Å². The fourth-order valence-corrected chi connectivity index (χ4v) is 3.03. The molecule has 4 rings (SSSR count). The zero-order chi connectivity index (χ0) is 27.3. The second-order valence-electron chi connectivity index (χ2n) is 6.87. The average molecular weight is 481 g/mol. The number of ether oxygens (including phenoxy) is 2. The standard InChI is InChI=1S/C21H23N11O3/c1-5-35-16-7-6-14(27-29-16)26-15-10-13(17(30-28-15)21(33)22-2)25-20-18(34-4)12(8-9-23-20)19-24-11-32(3)31-19/h6-11H,5H2,1-4H3,(H,22,33)(H2,23,25,26,27,28)/i2D3. The molecule has 0 aromatic carbocycles. The van der Waals surface area contributed by atoms with Crippen LogP contribution in [0, 0.1) is 0 Å². The Morgan fingerprint density at radius 2 is 1.97 bits per heavy atom. The number of aromatic nitrogens is 8. The van der Waals surface area contributed by atoms with Gasteiger partial charge in [-0.15, -0.1) is 20.4 Å². The van der Waals surface area contributed by atoms with Gasteiger partial charge in [0.15, 0.2) is 34.7 Å². The fourth-order valence-electron chi connectivity index (χ4n) is 3.03. The molecule has 35 heavy (non-hydrogen) atoms. The molecule has 0 fully saturated rings. The largest absolute Gasteiger partial charge is 0.492 e. The lowest BCUT2D eigenvalue weighted by atomic mass is 10.2. The smallest absolute Gasteiger partial charge is 0.273 e. The first-order chi connectivity index (χ1) is 18.2. The number of rotatable bonds is 9. The van der Waals surface area contributed by atoms with Crippen LogP contribution in [0.1, 0.15) is 21.5 Å². The number of nitrogens with zero attached hydrogens (tertiary/aromatic N) is 8. The molecule has 0 saturated carbocycles. The van der Waals surface area contributed by atoms with Gasteiger partial charge in [0.1, 0.15) is 6.33 Å². The Kier molecular flexibility index (Phi) is 5.80. The highest BCUT2D eigenvalue weighted by Gasteiger charge is 2.20. The average Bonchev–Trinajstić information content (AvgIpc) is 3.30. The second-order valence-corrected chi connectivity index (χ2v) is 6.87. The summed E-state index contributed by atoms with van der Waals surface area (Å²) >= 11 is 0. The highest BCUT2D eigenvalue weighted by Crippen LogP contribution is 2.35. The van der Waals surface area contributed by atoms with Gasteiger partial charge in [0.25, 0.3) is 5.91 Å². The Balaban J connectivity index is 1.71. The lowest BCUT2D eigenvalue weighted by Crippen LogP contribution is -2.21. The Morgan fingerprint density at radius 3 is 2.66 bits per heavy atom. The van der Waals surface area contributed by atoms with Crippen LogP contribution in [-0.2, 0) is 7.05 Å². The first-order valence-electron chi connectivity index (χ1n) is 11.8. The third-order valence-corrected chi connectivity index (χ3v) is 4.51. The minimum absolute atomic E-state index is 0.0834. The number of methoxy groups -OCH3 is 1. The monoisotopic (exact) mass is 480 g/mol. The maximum absolute atomic E-state index is 12.7. The van der Waals surface area contributed by atoms with Crippen molar-refractivity contribution in [3.05, 3.63) is 42.5 Å². The van der Waals surface area contributed by atoms with E-state index in [-0.39, 0.29) is 28.8 Å². The molecule has 180 valence electrons. The number of aryl methyl sites for hydroxylation is 1. The van der Waals surface area contributed by atoms with Gasteiger partial charge in [0.05, 0.1) is 25.0 Å². The second kappa shape index (κ2) is 10.4. The number of carbonyl (C=O) groups is 1. The molecule has 0 unspecified atom stereocenters. The SMILES string of the molecule is [2H]C([2H])([2H])NC(=O)c1nnc(Nc2ccc(OCC)nn2)cc1Nc1nccc(-c2ncn(C)n2)c1OC. The third kappa shape index (κ3) is 5.21. The predicted octanol–water partition coefficient (Wildman–Crippen LogP) is 1.71. The van der Waals surface area contributed by atoms with Crippen molar-refractivity contribution >= 4 is 29.0 Å². The Morgan fingerprint density at radius 1 is 1.11 bits per heavy atom. The predicted molar refractivity (Wildman–Crippen MR) is 126 cm³/mol. The lowest BCUT2D eigenvalue weighted by molar-refractivity contribution is 0.0958. The van der Waals surface area contributed by atoms with Crippen LogP contribution >= 0.6 is 0 Å². The van der Waals surface area contributed by atoms with E-state index in [0.717, 1.165) is 0 Å². The van der Waals surface area contributed by atoms with Gasteiger partial charge in [-0.3, -0.25) is 9.48 Å². The van der Waals surface area contributed by atoms with E-state index in [0.29, 0.717) is 29.7 Å². The van der Waals surface area contributed by atoms with E-state index < -0.39 is 12.9 Å². The van der Waals surface area contributed by atoms with Crippen LogP contribution in [0.25, 0.3) is 11.4 Å². The molecule has 0 radical (unpaired) electrons. The summed E-state index contributed by atoms with van der Waals surface area (Å²) in [5.41, 5.74) is 0.318. The third-order valence-electron chi connectivity index (χ3n) is 4.51. The summed E-state index contributed by atoms with van der Waals surface area (Å²) in [6.07, 6.45) is 3.04. The minimum Gasteiger partial charge on any atom is -0.492 e. The highest BCUT2D eigenvalue weighted by molar-refractivity contribution is 5.98. The van der Waals surface area contributed by atoms with E-state index in [4.69, 9.17) is 13.6 Å². The van der Waals surface area contributed by atoms with Gasteiger partial charge in [0, 0.05) is 36.5 Å². The normalized spacial score (nSPS) is 12.1. The molecule has 14 nitrogen and oxygen atoms in total. The van der Waals surface area contributed by atoms with Crippen molar-refractivity contribution in [1.29, 1.82) is 0 Å². The summed E-state index contributed by atoms with van der Waals surface area (Å²) in [7, 11) is 3.17. The van der Waals surface area contributed by atoms with E-state index in [1.807, 2.05) is 12.2 Å². The highest BCUT2D eigenvalue weighted by atomic mass is 16.5. The fraction of sp³-hybridized carbons (Fsp3) is 0.238. The van der Waals surface area contributed by atoms with Crippen LogP contribution in [0.4, 0.5) is 23.1 Å². The minimum atomic E-state index is -2.74. The number of hydrogen-bond donors (Lipinski definition) is 3. The number of carbonyl (C=O) groups excluding carboxylic acids is 1. The number of anilines is 4. The van der Waals surface area contributed by atoms with Gasteiger partial charge >= 0.3 is 0 Å². The topological polar surface area (TPSA) is 167 Å². The van der Waals surface area contributed by atoms with E-state index in [2.05, 4.69) is 46.1 Å². The van der Waals surface area contributed by atoms with Crippen molar-refractivity contribution in [2.24, 2.45) is 7.05 Å². The first-order valence-corrected chi connectivity index (χ1v) is 10.3. The maximum atomic E-state index is 12.7. The van der Waals surface area contributed by atoms with Crippen molar-refractivity contribution in [3.8, 4) is 23.0 Å². The lowest BCUT2D eigenvalue weighted by Gasteiger charge is -2.15. The number of pyridine rings is 1. The van der Waals surface area contributed by atoms with Crippen molar-refractivity contribution in [1.82, 2.24) is 45.5 Å². The van der Waals surface area contributed by atoms with E-state index in [1.54, 1.807) is 25.2 Å². The number of amides is 1. The number of hydrogen-bond acceptors (Lipinski definition) is 12. The Bertz CT molecular complexity index is 1430. The van der Waals surface area contributed by atoms with Gasteiger partial charge in [0.2, 0.25) is 5.88 Å². The van der Waals surface area contributed by atoms with Gasteiger partial charge in [-0.05, 0) is 19.1 Å². The summed E-state index contributed by atoms with van der Waals surface area (Å²) in [6, 6.07) is 6.35. The molecular formula is C21H23N11O3. The molecule has 0 saturated heterocycles. The van der Waals surface area contributed by atoms with Crippen molar-refractivity contribution in [2.75, 3.05) is 31.3 Å². The molecule has 0 aliphatic heterocycles. The molecule has 4 heterocycles. The van der Waals surface area contributed by atoms with E-state index >= 15 is 0 Å². The van der Waals surface area contributed by atoms with Crippen LogP contribution in [0.3, 0.4) is 0 Å². The van der Waals surface area contributed by atoms with Gasteiger partial charge in [-0.1, -0.05) is 0 Å². The Hall–Kier alpha value is -4.88. The molecule has 0 atom stereocenters. The molecule has 1 amide bonds. The van der Waals surface area contributed by atoms with Gasteiger partial charge in [-0.2, -0.15) is 5.10 Å². The van der Waals surface area contributed by atoms with Crippen LogP contribution < -0.4 is 25.4 Å². The molecule has 0 bridgehead atoms. The quantitative estimate of drug-likeness (QED) is 0.318. The molecule has 0 aliphatic carbocycles. The Labute approximate surface area is 204 Å². The summed E-state index contributed by atoms with van der Waals surface area (Å²) in [5, 5.41) is 28.0. The molecule has 14 heteroatoms. The van der Waals surface area contributed by atoms with Crippen LogP contribution in [0.5, 0.6) is 11.6 Å². The van der Waals surface area contributed by atoms with Crippen LogP contribution in [-0.4, -0.2) is 66.7 Å². The molecular weight excluding hydrogens is 454 g/mol. The molecule has 0 spiro atoms. The van der Waals surface area contributed by atoms with Crippen LogP contribution in [0.2, 0.25) is 0 Å². The van der Waals surface area contributed by atoms with Gasteiger partial charge < -0.3 is 25.4 Å². The van der Waals surface area contributed by atoms with Crippen molar-refractivity contribution < 1.29 is 18.4 Å². The molecule has 0 aliphatic rings. The zero-order valence-electron chi connectivity index (χ0n) is 22.0. The maximum Gasteiger partial charge on any atom is 0.273 e. The first kappa shape index (κ1) is 19.6. The van der Waals surface area contributed by atoms with Crippen molar-refractivity contribution in [3.63, 3.8) is 0 Å². The molecule has 4 aromatic rings. The summed E-state index contributed by atoms with van der Waals surface area (Å²) in [6.45, 7) is -0.476. The van der Waals surface area contributed by atoms with Crippen molar-refractivity contribution in [2.45, 2.75) is 6.92 Å². The number of nitrogens with one attached hydrogen (secondary N) is 3. The molecule has 4 aromatic heterocycles. The summed E-state index contributed by atoms with van der Waals surface area (Å²) < 4.78 is 34.5. The summed E-state index contributed by atoms with van der Waals surface area (Å²) in [5.74, 6) is 0.743. The van der Waals surface area contributed by atoms with E-state index in [9.17, 15) is 4.79 Å². The zero-order valence-corrected chi connectivity index (χ0v) is 19.0. The van der Waals surface area contributed by atoms with Crippen LogP contribution in [0.15, 0.2) is 36.8 Å². The molecule has 3 N–H and O–H groups in total. The summed E-state index contributed by atoms with van der Waals surface area (Å²) in [4.78, 5) is 21.3.